The maximum atomic E-state index is 13.7. The zero-order chi connectivity index (χ0) is 27.9. The molecular formula is C33H45N2O3+. The van der Waals surface area contributed by atoms with Crippen molar-refractivity contribution in [3.63, 3.8) is 0 Å². The van der Waals surface area contributed by atoms with E-state index in [4.69, 9.17) is 9.47 Å². The number of nitrogens with zero attached hydrogens (tertiary/aromatic N) is 2. The van der Waals surface area contributed by atoms with Gasteiger partial charge in [-0.25, -0.2) is 0 Å². The second-order valence-electron chi connectivity index (χ2n) is 11.3. The summed E-state index contributed by atoms with van der Waals surface area (Å²) in [4.78, 5) is 15.7. The first kappa shape index (κ1) is 29.2. The molecule has 0 saturated heterocycles. The molecule has 1 amide bonds. The molecule has 3 rings (SSSR count). The third kappa shape index (κ3) is 8.35. The van der Waals surface area contributed by atoms with Gasteiger partial charge in [0, 0.05) is 24.2 Å². The quantitative estimate of drug-likeness (QED) is 0.200. The van der Waals surface area contributed by atoms with Crippen molar-refractivity contribution in [3.8, 4) is 11.5 Å². The van der Waals surface area contributed by atoms with Gasteiger partial charge in [0.1, 0.15) is 6.54 Å². The van der Waals surface area contributed by atoms with Gasteiger partial charge in [-0.1, -0.05) is 58.7 Å². The van der Waals surface area contributed by atoms with Crippen molar-refractivity contribution in [2.75, 3.05) is 41.4 Å². The maximum absolute atomic E-state index is 13.7. The fourth-order valence-corrected chi connectivity index (χ4v) is 5.36. The zero-order valence-corrected chi connectivity index (χ0v) is 24.6. The fraction of sp³-hybridized carbons (Fsp3) is 0.424. The van der Waals surface area contributed by atoms with Crippen LogP contribution in [0.15, 0.2) is 54.6 Å². The molecule has 38 heavy (non-hydrogen) atoms. The van der Waals surface area contributed by atoms with E-state index in [1.165, 1.54) is 27.8 Å². The smallest absolute Gasteiger partial charge is 0.254 e. The van der Waals surface area contributed by atoms with Crippen LogP contribution in [0.25, 0.3) is 0 Å². The van der Waals surface area contributed by atoms with Gasteiger partial charge in [0.25, 0.3) is 5.91 Å². The number of rotatable bonds is 12. The first-order valence-corrected chi connectivity index (χ1v) is 13.5. The van der Waals surface area contributed by atoms with Crippen LogP contribution in [-0.4, -0.2) is 56.7 Å². The minimum absolute atomic E-state index is 0.00842. The predicted molar refractivity (Wildman–Crippen MR) is 156 cm³/mol. The number of carbonyl (C=O) groups excluding carboxylic acids is 1. The molecule has 0 spiro atoms. The van der Waals surface area contributed by atoms with Crippen LogP contribution in [0.1, 0.15) is 56.6 Å². The van der Waals surface area contributed by atoms with Gasteiger partial charge in [-0.3, -0.25) is 4.79 Å². The topological polar surface area (TPSA) is 38.8 Å². The molecule has 0 aliphatic rings. The summed E-state index contributed by atoms with van der Waals surface area (Å²) in [6.45, 7) is 11.9. The molecule has 0 fully saturated rings. The Morgan fingerprint density at radius 3 is 1.84 bits per heavy atom. The Kier molecular flexibility index (Phi) is 9.98. The van der Waals surface area contributed by atoms with E-state index in [9.17, 15) is 4.79 Å². The summed E-state index contributed by atoms with van der Waals surface area (Å²) in [6, 6.07) is 18.7. The molecule has 0 N–H and O–H groups in total. The number of hydrogen-bond donors (Lipinski definition) is 0. The predicted octanol–water partition coefficient (Wildman–Crippen LogP) is 6.64. The van der Waals surface area contributed by atoms with E-state index in [1.807, 2.05) is 11.0 Å². The molecule has 204 valence electrons. The summed E-state index contributed by atoms with van der Waals surface area (Å²) in [5.41, 5.74) is 8.20. The normalized spacial score (nSPS) is 11.4. The molecule has 0 atom stereocenters. The lowest BCUT2D eigenvalue weighted by Gasteiger charge is -2.31. The highest BCUT2D eigenvalue weighted by Crippen LogP contribution is 2.28. The average Bonchev–Trinajstić information content (AvgIpc) is 2.83. The number of hydrogen-bond acceptors (Lipinski definition) is 3. The standard InChI is InChI=1S/C33H45N2O3/c1-24-15-25(2)18-28(17-24)22-34(33(36)30-11-12-31(37-7)32(21-30)38-8)13-9-10-14-35(5,6)23-29-19-26(3)16-27(4)20-29/h11-12,15-21H,9-10,13-14,22-23H2,1-8H3/q+1. The van der Waals surface area contributed by atoms with Crippen LogP contribution in [0.3, 0.4) is 0 Å². The third-order valence-corrected chi connectivity index (χ3v) is 6.91. The molecule has 3 aromatic rings. The monoisotopic (exact) mass is 517 g/mol. The van der Waals surface area contributed by atoms with Crippen molar-refractivity contribution < 1.29 is 18.8 Å². The second-order valence-corrected chi connectivity index (χ2v) is 11.3. The molecule has 5 heteroatoms. The van der Waals surface area contributed by atoms with Gasteiger partial charge in [-0.05, 0) is 64.3 Å². The average molecular weight is 518 g/mol. The number of ether oxygens (including phenoxy) is 2. The minimum atomic E-state index is 0.00842. The van der Waals surface area contributed by atoms with Crippen molar-refractivity contribution in [3.05, 3.63) is 93.5 Å². The van der Waals surface area contributed by atoms with E-state index >= 15 is 0 Å². The molecule has 0 aliphatic carbocycles. The second kappa shape index (κ2) is 13.0. The van der Waals surface area contributed by atoms with Crippen LogP contribution >= 0.6 is 0 Å². The first-order chi connectivity index (χ1) is 18.0. The highest BCUT2D eigenvalue weighted by molar-refractivity contribution is 5.95. The Balaban J connectivity index is 1.71. The number of aryl methyl sites for hydroxylation is 4. The highest BCUT2D eigenvalue weighted by Gasteiger charge is 2.20. The van der Waals surface area contributed by atoms with Crippen LogP contribution in [0.2, 0.25) is 0 Å². The van der Waals surface area contributed by atoms with Crippen LogP contribution in [0, 0.1) is 27.7 Å². The van der Waals surface area contributed by atoms with Gasteiger partial charge in [0.15, 0.2) is 11.5 Å². The Labute approximate surface area is 229 Å². The zero-order valence-electron chi connectivity index (χ0n) is 24.6. The summed E-state index contributed by atoms with van der Waals surface area (Å²) >= 11 is 0. The molecule has 5 nitrogen and oxygen atoms in total. The lowest BCUT2D eigenvalue weighted by Crippen LogP contribution is -2.40. The van der Waals surface area contributed by atoms with E-state index in [1.54, 1.807) is 26.4 Å². The summed E-state index contributed by atoms with van der Waals surface area (Å²) in [5.74, 6) is 1.19. The lowest BCUT2D eigenvalue weighted by atomic mass is 10.1. The number of carbonyl (C=O) groups is 1. The van der Waals surface area contributed by atoms with Crippen molar-refractivity contribution in [2.45, 2.75) is 53.6 Å². The highest BCUT2D eigenvalue weighted by atomic mass is 16.5. The number of amides is 1. The molecule has 0 radical (unpaired) electrons. The van der Waals surface area contributed by atoms with Crippen molar-refractivity contribution in [2.24, 2.45) is 0 Å². The molecule has 0 saturated carbocycles. The van der Waals surface area contributed by atoms with Gasteiger partial charge < -0.3 is 18.9 Å². The van der Waals surface area contributed by atoms with Crippen LogP contribution in [0.4, 0.5) is 0 Å². The van der Waals surface area contributed by atoms with Crippen molar-refractivity contribution in [1.82, 2.24) is 4.90 Å². The summed E-state index contributed by atoms with van der Waals surface area (Å²) < 4.78 is 11.7. The number of quaternary nitrogens is 1. The van der Waals surface area contributed by atoms with E-state index < -0.39 is 0 Å². The Morgan fingerprint density at radius 1 is 0.737 bits per heavy atom. The van der Waals surface area contributed by atoms with Crippen molar-refractivity contribution in [1.29, 1.82) is 0 Å². The summed E-state index contributed by atoms with van der Waals surface area (Å²) in [7, 11) is 7.78. The van der Waals surface area contributed by atoms with E-state index in [2.05, 4.69) is 78.2 Å². The number of benzene rings is 3. The van der Waals surface area contributed by atoms with Gasteiger partial charge in [-0.2, -0.15) is 0 Å². The molecule has 0 bridgehead atoms. The molecule has 0 aliphatic heterocycles. The molecular weight excluding hydrogens is 472 g/mol. The number of unbranched alkanes of at least 4 members (excludes halogenated alkanes) is 1. The van der Waals surface area contributed by atoms with Crippen LogP contribution in [-0.2, 0) is 13.1 Å². The summed E-state index contributed by atoms with van der Waals surface area (Å²) in [5, 5.41) is 0. The van der Waals surface area contributed by atoms with Gasteiger partial charge >= 0.3 is 0 Å². The van der Waals surface area contributed by atoms with E-state index in [0.717, 1.165) is 36.0 Å². The van der Waals surface area contributed by atoms with Gasteiger partial charge in [0.05, 0.1) is 34.9 Å². The van der Waals surface area contributed by atoms with Crippen LogP contribution < -0.4 is 9.47 Å². The lowest BCUT2D eigenvalue weighted by molar-refractivity contribution is -0.903. The maximum Gasteiger partial charge on any atom is 0.254 e. The third-order valence-electron chi connectivity index (χ3n) is 6.91. The SMILES string of the molecule is COc1ccc(C(=O)N(CCCC[N+](C)(C)Cc2cc(C)cc(C)c2)Cc2cc(C)cc(C)c2)cc1OC. The first-order valence-electron chi connectivity index (χ1n) is 13.5. The molecule has 0 unspecified atom stereocenters. The number of methoxy groups -OCH3 is 2. The van der Waals surface area contributed by atoms with E-state index in [0.29, 0.717) is 30.2 Å². The Morgan fingerprint density at radius 2 is 1.29 bits per heavy atom. The van der Waals surface area contributed by atoms with Gasteiger partial charge in [-0.15, -0.1) is 0 Å². The fourth-order valence-electron chi connectivity index (χ4n) is 5.36. The Hall–Kier alpha value is -3.31. The van der Waals surface area contributed by atoms with Crippen molar-refractivity contribution >= 4 is 5.91 Å². The molecule has 0 heterocycles. The largest absolute Gasteiger partial charge is 0.493 e. The van der Waals surface area contributed by atoms with E-state index in [-0.39, 0.29) is 5.91 Å². The summed E-state index contributed by atoms with van der Waals surface area (Å²) in [6.07, 6.45) is 1.98. The van der Waals surface area contributed by atoms with Crippen LogP contribution in [0.5, 0.6) is 11.5 Å². The molecule has 3 aromatic carbocycles. The molecule has 0 aromatic heterocycles. The Bertz CT molecular complexity index is 1210. The minimum Gasteiger partial charge on any atom is -0.493 e. The van der Waals surface area contributed by atoms with Gasteiger partial charge in [0.2, 0.25) is 0 Å².